The standard InChI is InChI=1S/C20H22ClN7O/c1-25(15-7-9-27(13-22)10-8-15)19-23-11-14-12-28(17-6-4-3-5-16(17)21)20(29)26(2)18(14)24-19/h3-6,11,15H,7-10,12H2,1-2H3. The van der Waals surface area contributed by atoms with Gasteiger partial charge >= 0.3 is 6.03 Å². The lowest BCUT2D eigenvalue weighted by atomic mass is 10.0. The molecule has 0 unspecified atom stereocenters. The number of carbonyl (C=O) groups excluding carboxylic acids is 1. The molecule has 1 fully saturated rings. The van der Waals surface area contributed by atoms with Crippen LogP contribution in [-0.4, -0.2) is 54.1 Å². The van der Waals surface area contributed by atoms with Crippen LogP contribution in [0.4, 0.5) is 22.2 Å². The lowest BCUT2D eigenvalue weighted by molar-refractivity contribution is 0.251. The molecule has 9 heteroatoms. The minimum absolute atomic E-state index is 0.180. The van der Waals surface area contributed by atoms with E-state index in [0.29, 0.717) is 29.0 Å². The number of benzene rings is 1. The molecule has 2 amide bonds. The fourth-order valence-corrected chi connectivity index (χ4v) is 4.08. The number of piperidine rings is 1. The fourth-order valence-electron chi connectivity index (χ4n) is 3.85. The van der Waals surface area contributed by atoms with Crippen LogP contribution in [0, 0.1) is 11.5 Å². The zero-order valence-corrected chi connectivity index (χ0v) is 17.2. The second-order valence-electron chi connectivity index (χ2n) is 7.33. The molecule has 2 aliphatic rings. The first-order chi connectivity index (χ1) is 14.0. The highest BCUT2D eigenvalue weighted by Crippen LogP contribution is 2.34. The number of likely N-dealkylation sites (tertiary alicyclic amines) is 1. The second kappa shape index (κ2) is 7.76. The molecule has 2 aromatic rings. The van der Waals surface area contributed by atoms with E-state index in [1.807, 2.05) is 30.1 Å². The van der Waals surface area contributed by atoms with Crippen molar-refractivity contribution in [3.8, 4) is 6.19 Å². The third-order valence-corrected chi connectivity index (χ3v) is 5.92. The van der Waals surface area contributed by atoms with E-state index < -0.39 is 0 Å². The average Bonchev–Trinajstić information content (AvgIpc) is 2.76. The number of carbonyl (C=O) groups is 1. The minimum atomic E-state index is -0.180. The number of halogens is 1. The third-order valence-electron chi connectivity index (χ3n) is 5.61. The predicted octanol–water partition coefficient (Wildman–Crippen LogP) is 3.09. The summed E-state index contributed by atoms with van der Waals surface area (Å²) < 4.78 is 0. The fraction of sp³-hybridized carbons (Fsp3) is 0.400. The maximum Gasteiger partial charge on any atom is 0.330 e. The summed E-state index contributed by atoms with van der Waals surface area (Å²) in [5.41, 5.74) is 1.53. The highest BCUT2D eigenvalue weighted by atomic mass is 35.5. The number of rotatable bonds is 3. The van der Waals surface area contributed by atoms with Crippen LogP contribution in [0.15, 0.2) is 30.5 Å². The van der Waals surface area contributed by atoms with Crippen LogP contribution in [0.5, 0.6) is 0 Å². The van der Waals surface area contributed by atoms with Crippen molar-refractivity contribution in [2.45, 2.75) is 25.4 Å². The molecule has 0 radical (unpaired) electrons. The van der Waals surface area contributed by atoms with E-state index >= 15 is 0 Å². The van der Waals surface area contributed by atoms with Crippen molar-refractivity contribution in [3.05, 3.63) is 41.0 Å². The van der Waals surface area contributed by atoms with Crippen LogP contribution < -0.4 is 14.7 Å². The molecule has 3 heterocycles. The summed E-state index contributed by atoms with van der Waals surface area (Å²) in [4.78, 5) is 29.2. The highest BCUT2D eigenvalue weighted by Gasteiger charge is 2.32. The van der Waals surface area contributed by atoms with Crippen molar-refractivity contribution in [2.75, 3.05) is 41.9 Å². The van der Waals surface area contributed by atoms with Gasteiger partial charge in [0.2, 0.25) is 5.95 Å². The van der Waals surface area contributed by atoms with Crippen molar-refractivity contribution >= 4 is 35.1 Å². The van der Waals surface area contributed by atoms with Gasteiger partial charge in [0.25, 0.3) is 0 Å². The van der Waals surface area contributed by atoms with E-state index in [9.17, 15) is 4.79 Å². The van der Waals surface area contributed by atoms with Crippen molar-refractivity contribution in [1.82, 2.24) is 14.9 Å². The SMILES string of the molecule is CN1C(=O)N(c2ccccc2Cl)Cc2cnc(N(C)C3CCN(C#N)CC3)nc21. The molecule has 1 aromatic heterocycles. The van der Waals surface area contributed by atoms with Crippen molar-refractivity contribution in [2.24, 2.45) is 0 Å². The summed E-state index contributed by atoms with van der Waals surface area (Å²) in [6.45, 7) is 1.84. The van der Waals surface area contributed by atoms with E-state index in [1.54, 1.807) is 34.0 Å². The van der Waals surface area contributed by atoms with Crippen LogP contribution in [0.3, 0.4) is 0 Å². The monoisotopic (exact) mass is 411 g/mol. The summed E-state index contributed by atoms with van der Waals surface area (Å²) in [5.74, 6) is 1.20. The highest BCUT2D eigenvalue weighted by molar-refractivity contribution is 6.34. The quantitative estimate of drug-likeness (QED) is 0.722. The van der Waals surface area contributed by atoms with Crippen LogP contribution in [0.1, 0.15) is 18.4 Å². The van der Waals surface area contributed by atoms with Crippen LogP contribution in [-0.2, 0) is 6.54 Å². The van der Waals surface area contributed by atoms with Gasteiger partial charge in [-0.3, -0.25) is 9.80 Å². The van der Waals surface area contributed by atoms with Gasteiger partial charge in [-0.1, -0.05) is 23.7 Å². The summed E-state index contributed by atoms with van der Waals surface area (Å²) in [6.07, 6.45) is 5.73. The van der Waals surface area contributed by atoms with E-state index in [1.165, 1.54) is 0 Å². The predicted molar refractivity (Wildman–Crippen MR) is 112 cm³/mol. The molecule has 0 atom stereocenters. The summed E-state index contributed by atoms with van der Waals surface area (Å²) in [5, 5.41) is 9.55. The topological polar surface area (TPSA) is 79.6 Å². The molecular weight excluding hydrogens is 390 g/mol. The molecule has 2 aliphatic heterocycles. The van der Waals surface area contributed by atoms with Gasteiger partial charge in [-0.2, -0.15) is 10.2 Å². The molecule has 0 bridgehead atoms. The lowest BCUT2D eigenvalue weighted by Crippen LogP contribution is -2.46. The Bertz CT molecular complexity index is 968. The molecular formula is C20H22ClN7O. The number of para-hydroxylation sites is 1. The van der Waals surface area contributed by atoms with Gasteiger partial charge in [-0.25, -0.2) is 9.78 Å². The number of amides is 2. The zero-order valence-electron chi connectivity index (χ0n) is 16.4. The lowest BCUT2D eigenvalue weighted by Gasteiger charge is -2.37. The van der Waals surface area contributed by atoms with E-state index in [4.69, 9.17) is 21.8 Å². The van der Waals surface area contributed by atoms with Gasteiger partial charge in [-0.15, -0.1) is 0 Å². The molecule has 0 spiro atoms. The van der Waals surface area contributed by atoms with E-state index in [-0.39, 0.29) is 12.1 Å². The Morgan fingerprint density at radius 2 is 2.00 bits per heavy atom. The summed E-state index contributed by atoms with van der Waals surface area (Å²) in [6, 6.07) is 7.38. The number of hydrogen-bond acceptors (Lipinski definition) is 6. The summed E-state index contributed by atoms with van der Waals surface area (Å²) >= 11 is 6.30. The van der Waals surface area contributed by atoms with Crippen LogP contribution >= 0.6 is 11.6 Å². The molecule has 1 aromatic carbocycles. The number of hydrogen-bond donors (Lipinski definition) is 0. The third kappa shape index (κ3) is 3.54. The molecule has 4 rings (SSSR count). The molecule has 8 nitrogen and oxygen atoms in total. The molecule has 0 aliphatic carbocycles. The number of anilines is 3. The number of aromatic nitrogens is 2. The van der Waals surface area contributed by atoms with E-state index in [2.05, 4.69) is 11.2 Å². The van der Waals surface area contributed by atoms with Crippen LogP contribution in [0.25, 0.3) is 0 Å². The average molecular weight is 412 g/mol. The van der Waals surface area contributed by atoms with Crippen molar-refractivity contribution < 1.29 is 4.79 Å². The smallest absolute Gasteiger partial charge is 0.330 e. The van der Waals surface area contributed by atoms with Crippen LogP contribution in [0.2, 0.25) is 5.02 Å². The van der Waals surface area contributed by atoms with Gasteiger partial charge in [0.1, 0.15) is 5.82 Å². The first kappa shape index (κ1) is 19.3. The Hall–Kier alpha value is -3.05. The Balaban J connectivity index is 1.58. The molecule has 150 valence electrons. The first-order valence-corrected chi connectivity index (χ1v) is 9.90. The van der Waals surface area contributed by atoms with Gasteiger partial charge in [0, 0.05) is 45.0 Å². The Morgan fingerprint density at radius 1 is 1.28 bits per heavy atom. The van der Waals surface area contributed by atoms with Gasteiger partial charge in [0.05, 0.1) is 17.3 Å². The van der Waals surface area contributed by atoms with Gasteiger partial charge < -0.3 is 9.80 Å². The maximum absolute atomic E-state index is 13.0. The van der Waals surface area contributed by atoms with E-state index in [0.717, 1.165) is 31.5 Å². The Morgan fingerprint density at radius 3 is 2.69 bits per heavy atom. The first-order valence-electron chi connectivity index (χ1n) is 9.52. The number of nitriles is 1. The molecule has 29 heavy (non-hydrogen) atoms. The van der Waals surface area contributed by atoms with Crippen molar-refractivity contribution in [3.63, 3.8) is 0 Å². The molecule has 1 saturated heterocycles. The van der Waals surface area contributed by atoms with Gasteiger partial charge in [0.15, 0.2) is 6.19 Å². The van der Waals surface area contributed by atoms with Gasteiger partial charge in [-0.05, 0) is 25.0 Å². The second-order valence-corrected chi connectivity index (χ2v) is 7.73. The Labute approximate surface area is 174 Å². The summed E-state index contributed by atoms with van der Waals surface area (Å²) in [7, 11) is 3.68. The maximum atomic E-state index is 13.0. The number of urea groups is 1. The number of fused-ring (bicyclic) bond motifs is 1. The normalized spacial score (nSPS) is 17.2. The zero-order chi connectivity index (χ0) is 20.5. The molecule has 0 N–H and O–H groups in total. The minimum Gasteiger partial charge on any atom is -0.341 e. The largest absolute Gasteiger partial charge is 0.341 e. The molecule has 0 saturated carbocycles. The van der Waals surface area contributed by atoms with Crippen molar-refractivity contribution in [1.29, 1.82) is 5.26 Å². The Kier molecular flexibility index (Phi) is 5.16. The number of nitrogens with zero attached hydrogens (tertiary/aromatic N) is 7.